The van der Waals surface area contributed by atoms with Crippen LogP contribution in [0.3, 0.4) is 0 Å². The van der Waals surface area contributed by atoms with Crippen molar-refractivity contribution < 1.29 is 14.7 Å². The normalized spacial score (nSPS) is 14.0. The third-order valence-electron chi connectivity index (χ3n) is 6.21. The van der Waals surface area contributed by atoms with Crippen molar-refractivity contribution in [2.45, 2.75) is 25.0 Å². The fraction of sp³-hybridized carbons (Fsp3) is 0.138. The topological polar surface area (TPSA) is 79.6 Å². The van der Waals surface area contributed by atoms with Gasteiger partial charge in [0.25, 0.3) is 5.56 Å². The molecule has 0 spiro atoms. The number of Topliss-reactive ketones (excluding diaryl/α,β-unsaturated/α-hetero) is 2. The Kier molecular flexibility index (Phi) is 6.97. The number of benzene rings is 3. The van der Waals surface area contributed by atoms with Gasteiger partial charge in [0.2, 0.25) is 0 Å². The maximum Gasteiger partial charge on any atom is 0.271 e. The molecule has 8 heteroatoms. The van der Waals surface area contributed by atoms with E-state index >= 15 is 0 Å². The van der Waals surface area contributed by atoms with E-state index in [-0.39, 0.29) is 17.7 Å². The first kappa shape index (κ1) is 25.0. The summed E-state index contributed by atoms with van der Waals surface area (Å²) in [5.74, 6) is -0.837. The second-order valence-corrected chi connectivity index (χ2v) is 10.5. The lowest BCUT2D eigenvalue weighted by atomic mass is 9.96. The molecule has 37 heavy (non-hydrogen) atoms. The smallest absolute Gasteiger partial charge is 0.271 e. The number of carbonyl (C=O) groups excluding carboxylic acids is 2. The maximum atomic E-state index is 13.8. The Morgan fingerprint density at radius 1 is 0.892 bits per heavy atom. The van der Waals surface area contributed by atoms with Gasteiger partial charge in [-0.3, -0.25) is 19.0 Å². The largest absolute Gasteiger partial charge is 0.392 e. The lowest BCUT2D eigenvalue weighted by molar-refractivity contribution is 0.0996. The predicted molar refractivity (Wildman–Crippen MR) is 148 cm³/mol. The van der Waals surface area contributed by atoms with Crippen LogP contribution in [0.2, 0.25) is 0 Å². The van der Waals surface area contributed by atoms with Gasteiger partial charge in [0.05, 0.1) is 12.3 Å². The average Bonchev–Trinajstić information content (AvgIpc) is 3.44. The van der Waals surface area contributed by atoms with Crippen molar-refractivity contribution in [3.8, 4) is 0 Å². The highest BCUT2D eigenvalue weighted by Crippen LogP contribution is 2.45. The van der Waals surface area contributed by atoms with Crippen LogP contribution < -0.4 is 19.7 Å². The van der Waals surface area contributed by atoms with E-state index in [4.69, 9.17) is 0 Å². The molecule has 1 N–H and O–H groups in total. The number of aliphatic hydroxyl groups excluding tert-OH is 1. The maximum absolute atomic E-state index is 13.8. The molecule has 186 valence electrons. The number of nitrogens with zero attached hydrogens (tertiary/aromatic N) is 2. The molecule has 0 atom stereocenters. The molecule has 1 aliphatic heterocycles. The molecule has 4 aromatic rings. The minimum absolute atomic E-state index is 0.0149. The van der Waals surface area contributed by atoms with E-state index in [1.165, 1.54) is 27.7 Å². The molecule has 0 fully saturated rings. The molecule has 0 bridgehead atoms. The molecule has 0 aliphatic carbocycles. The zero-order chi connectivity index (χ0) is 26.1. The molecule has 1 aromatic heterocycles. The Labute approximate surface area is 221 Å². The third-order valence-corrected chi connectivity index (χ3v) is 8.77. The molecular formula is C29H24N2O4S2. The summed E-state index contributed by atoms with van der Waals surface area (Å²) in [4.78, 5) is 44.1. The number of ketones is 2. The lowest BCUT2D eigenvalue weighted by Gasteiger charge is -2.13. The Balaban J connectivity index is 1.80. The first-order chi connectivity index (χ1) is 17.9. The van der Waals surface area contributed by atoms with Crippen molar-refractivity contribution in [3.63, 3.8) is 0 Å². The molecule has 0 saturated carbocycles. The van der Waals surface area contributed by atoms with Crippen molar-refractivity contribution in [2.24, 2.45) is 0 Å². The third kappa shape index (κ3) is 4.48. The second-order valence-electron chi connectivity index (χ2n) is 8.48. The van der Waals surface area contributed by atoms with Crippen molar-refractivity contribution in [2.75, 3.05) is 11.9 Å². The number of anilines is 1. The van der Waals surface area contributed by atoms with Crippen LogP contribution in [0.4, 0.5) is 5.69 Å². The number of hydrogen-bond acceptors (Lipinski definition) is 7. The van der Waals surface area contributed by atoms with E-state index in [0.29, 0.717) is 26.9 Å². The van der Waals surface area contributed by atoms with Gasteiger partial charge < -0.3 is 10.0 Å². The van der Waals surface area contributed by atoms with E-state index in [0.717, 1.165) is 21.2 Å². The number of rotatable bonds is 6. The SMILES string of the molecule is CCn1c(=C(C(=O)c2ccccc2)C(=O)c2ccccc2)sc(=C2Sc3ccc(CO)cc3N2C)c1=O. The minimum Gasteiger partial charge on any atom is -0.392 e. The van der Waals surface area contributed by atoms with E-state index in [1.807, 2.05) is 49.2 Å². The number of fused-ring (bicyclic) bond motifs is 1. The van der Waals surface area contributed by atoms with Crippen molar-refractivity contribution in [3.05, 3.63) is 115 Å². The fourth-order valence-electron chi connectivity index (χ4n) is 4.27. The molecule has 3 aromatic carbocycles. The second kappa shape index (κ2) is 10.3. The van der Waals surface area contributed by atoms with Crippen LogP contribution in [0.5, 0.6) is 0 Å². The molecule has 0 radical (unpaired) electrons. The minimum atomic E-state index is -0.419. The zero-order valence-electron chi connectivity index (χ0n) is 20.3. The molecule has 2 heterocycles. The molecule has 0 saturated heterocycles. The number of aromatic nitrogens is 1. The summed E-state index contributed by atoms with van der Waals surface area (Å²) >= 11 is 2.63. The first-order valence-electron chi connectivity index (χ1n) is 11.8. The van der Waals surface area contributed by atoms with E-state index in [1.54, 1.807) is 48.5 Å². The molecular weight excluding hydrogens is 504 g/mol. The highest BCUT2D eigenvalue weighted by atomic mass is 32.2. The zero-order valence-corrected chi connectivity index (χ0v) is 21.9. The number of carbonyl (C=O) groups is 2. The van der Waals surface area contributed by atoms with Gasteiger partial charge in [-0.15, -0.1) is 11.3 Å². The van der Waals surface area contributed by atoms with Crippen LogP contribution in [0.15, 0.2) is 88.6 Å². The Bertz CT molecular complexity index is 1640. The van der Waals surface area contributed by atoms with Gasteiger partial charge in [-0.1, -0.05) is 78.5 Å². The van der Waals surface area contributed by atoms with Crippen LogP contribution in [0.25, 0.3) is 10.6 Å². The van der Waals surface area contributed by atoms with Crippen LogP contribution in [-0.2, 0) is 13.2 Å². The number of hydrogen-bond donors (Lipinski definition) is 1. The summed E-state index contributed by atoms with van der Waals surface area (Å²) in [5.41, 5.74) is 2.19. The molecule has 5 rings (SSSR count). The molecule has 6 nitrogen and oxygen atoms in total. The van der Waals surface area contributed by atoms with Gasteiger partial charge in [-0.05, 0) is 24.6 Å². The van der Waals surface area contributed by atoms with E-state index < -0.39 is 11.6 Å². The molecule has 0 amide bonds. The Hall–Kier alpha value is -3.72. The van der Waals surface area contributed by atoms with E-state index in [2.05, 4.69) is 0 Å². The van der Waals surface area contributed by atoms with Gasteiger partial charge in [-0.25, -0.2) is 0 Å². The van der Waals surface area contributed by atoms with Crippen LogP contribution in [0.1, 0.15) is 33.2 Å². The highest BCUT2D eigenvalue weighted by Gasteiger charge is 2.28. The fourth-order valence-corrected chi connectivity index (χ4v) is 6.81. The first-order valence-corrected chi connectivity index (χ1v) is 13.4. The number of thiazole rings is 1. The van der Waals surface area contributed by atoms with Gasteiger partial charge >= 0.3 is 0 Å². The Morgan fingerprint density at radius 3 is 2.03 bits per heavy atom. The number of thioether (sulfide) groups is 1. The lowest BCUT2D eigenvalue weighted by Crippen LogP contribution is -2.35. The quantitative estimate of drug-likeness (QED) is 0.304. The summed E-state index contributed by atoms with van der Waals surface area (Å²) in [7, 11) is 1.87. The van der Waals surface area contributed by atoms with Crippen LogP contribution >= 0.6 is 23.1 Å². The van der Waals surface area contributed by atoms with Crippen molar-refractivity contribution in [1.29, 1.82) is 0 Å². The van der Waals surface area contributed by atoms with Gasteiger partial charge in [-0.2, -0.15) is 0 Å². The van der Waals surface area contributed by atoms with Gasteiger partial charge in [0.15, 0.2) is 11.6 Å². The van der Waals surface area contributed by atoms with Crippen molar-refractivity contribution in [1.82, 2.24) is 4.57 Å². The average molecular weight is 529 g/mol. The summed E-state index contributed by atoms with van der Waals surface area (Å²) < 4.78 is 2.32. The standard InChI is InChI=1S/C29H24N2O4S2/c1-3-31-27(35)26(29-30(2)21-16-18(17-32)14-15-22(21)36-29)37-28(31)23(24(33)19-10-6-4-7-11-19)25(34)20-12-8-5-9-13-20/h4-16,32H,3,17H2,1-2H3. The van der Waals surface area contributed by atoms with Crippen molar-refractivity contribution >= 4 is 51.0 Å². The molecule has 0 unspecified atom stereocenters. The van der Waals surface area contributed by atoms with Crippen LogP contribution in [0, 0.1) is 0 Å². The summed E-state index contributed by atoms with van der Waals surface area (Å²) in [5, 5.41) is 10.3. The van der Waals surface area contributed by atoms with Gasteiger partial charge in [0, 0.05) is 29.6 Å². The predicted octanol–water partition coefficient (Wildman–Crippen LogP) is 3.65. The van der Waals surface area contributed by atoms with Crippen LogP contribution in [-0.4, -0.2) is 28.3 Å². The number of aliphatic hydroxyl groups is 1. The summed E-state index contributed by atoms with van der Waals surface area (Å²) in [6.07, 6.45) is 0. The Morgan fingerprint density at radius 2 is 1.49 bits per heavy atom. The van der Waals surface area contributed by atoms with E-state index in [9.17, 15) is 19.5 Å². The monoisotopic (exact) mass is 528 g/mol. The molecule has 1 aliphatic rings. The highest BCUT2D eigenvalue weighted by molar-refractivity contribution is 8.08. The van der Waals surface area contributed by atoms with Gasteiger partial charge in [0.1, 0.15) is 19.8 Å². The summed E-state index contributed by atoms with van der Waals surface area (Å²) in [6.45, 7) is 2.06. The summed E-state index contributed by atoms with van der Waals surface area (Å²) in [6, 6.07) is 23.0.